The second-order valence-electron chi connectivity index (χ2n) is 6.19. The van der Waals surface area contributed by atoms with Crippen LogP contribution in [0.25, 0.3) is 0 Å². The van der Waals surface area contributed by atoms with Gasteiger partial charge in [-0.2, -0.15) is 0 Å². The molecule has 1 atom stereocenters. The molecule has 2 fully saturated rings. The Balaban J connectivity index is 1.62. The lowest BCUT2D eigenvalue weighted by Gasteiger charge is -2.27. The van der Waals surface area contributed by atoms with Crippen LogP contribution < -0.4 is 0 Å². The first-order valence-corrected chi connectivity index (χ1v) is 8.38. The summed E-state index contributed by atoms with van der Waals surface area (Å²) in [5, 5.41) is 0. The van der Waals surface area contributed by atoms with Gasteiger partial charge in [0, 0.05) is 45.0 Å². The normalized spacial score (nSPS) is 23.5. The summed E-state index contributed by atoms with van der Waals surface area (Å²) in [5.41, 5.74) is 1.65. The summed E-state index contributed by atoms with van der Waals surface area (Å²) in [6, 6.07) is 4.05. The molecule has 2 aliphatic heterocycles. The van der Waals surface area contributed by atoms with Crippen molar-refractivity contribution in [2.45, 2.75) is 25.9 Å². The molecule has 3 heterocycles. The lowest BCUT2D eigenvalue weighted by atomic mass is 10.2. The predicted octanol–water partition coefficient (Wildman–Crippen LogP) is 1.16. The van der Waals surface area contributed by atoms with E-state index in [0.717, 1.165) is 51.4 Å². The Morgan fingerprint density at radius 1 is 1.17 bits per heavy atom. The molecule has 0 aromatic carbocycles. The Morgan fingerprint density at radius 2 is 1.91 bits per heavy atom. The number of carbonyl (C=O) groups excluding carboxylic acids is 1. The minimum atomic E-state index is 0.000854. The molecule has 0 N–H and O–H groups in total. The van der Waals surface area contributed by atoms with E-state index in [9.17, 15) is 4.79 Å². The third-order valence-corrected chi connectivity index (χ3v) is 4.50. The summed E-state index contributed by atoms with van der Waals surface area (Å²) in [6.45, 7) is 8.37. The molecule has 0 spiro atoms. The van der Waals surface area contributed by atoms with E-state index in [0.29, 0.717) is 18.8 Å². The Bertz CT molecular complexity index is 514. The van der Waals surface area contributed by atoms with Gasteiger partial charge in [0.15, 0.2) is 0 Å². The van der Waals surface area contributed by atoms with Crippen LogP contribution in [0.3, 0.4) is 0 Å². The van der Waals surface area contributed by atoms with Crippen molar-refractivity contribution >= 4 is 5.91 Å². The summed E-state index contributed by atoms with van der Waals surface area (Å²) in [5.74, 6) is 0.000854. The van der Waals surface area contributed by atoms with Gasteiger partial charge in [0.2, 0.25) is 0 Å². The number of rotatable bonds is 3. The van der Waals surface area contributed by atoms with Crippen molar-refractivity contribution in [2.75, 3.05) is 46.1 Å². The number of ether oxygens (including phenoxy) is 2. The topological polar surface area (TPSA) is 54.9 Å². The Kier molecular flexibility index (Phi) is 5.59. The van der Waals surface area contributed by atoms with Gasteiger partial charge in [-0.15, -0.1) is 0 Å². The lowest BCUT2D eigenvalue weighted by Crippen LogP contribution is -2.39. The molecule has 1 aromatic heterocycles. The molecule has 1 aromatic rings. The van der Waals surface area contributed by atoms with E-state index in [1.807, 2.05) is 23.2 Å². The van der Waals surface area contributed by atoms with E-state index in [1.165, 1.54) is 0 Å². The molecule has 126 valence electrons. The van der Waals surface area contributed by atoms with Crippen molar-refractivity contribution in [1.82, 2.24) is 14.8 Å². The van der Waals surface area contributed by atoms with Gasteiger partial charge >= 0.3 is 0 Å². The van der Waals surface area contributed by atoms with Crippen LogP contribution in [0.1, 0.15) is 29.4 Å². The number of hydrogen-bond donors (Lipinski definition) is 0. The van der Waals surface area contributed by atoms with Crippen LogP contribution in [0, 0.1) is 0 Å². The minimum absolute atomic E-state index is 0.000854. The molecule has 3 rings (SSSR count). The van der Waals surface area contributed by atoms with E-state index in [1.54, 1.807) is 0 Å². The maximum atomic E-state index is 12.6. The monoisotopic (exact) mass is 319 g/mol. The number of aromatic nitrogens is 1. The Morgan fingerprint density at radius 3 is 2.65 bits per heavy atom. The summed E-state index contributed by atoms with van der Waals surface area (Å²) < 4.78 is 10.8. The van der Waals surface area contributed by atoms with Crippen molar-refractivity contribution in [3.8, 4) is 0 Å². The van der Waals surface area contributed by atoms with E-state index < -0.39 is 0 Å². The van der Waals surface area contributed by atoms with Gasteiger partial charge in [-0.25, -0.2) is 0 Å². The largest absolute Gasteiger partial charge is 0.380 e. The van der Waals surface area contributed by atoms with E-state index in [2.05, 4.69) is 16.8 Å². The fourth-order valence-corrected chi connectivity index (χ4v) is 3.01. The van der Waals surface area contributed by atoms with Crippen LogP contribution in [0.2, 0.25) is 0 Å². The van der Waals surface area contributed by atoms with Crippen LogP contribution in [0.5, 0.6) is 0 Å². The van der Waals surface area contributed by atoms with Gasteiger partial charge in [0.1, 0.15) is 5.69 Å². The van der Waals surface area contributed by atoms with Crippen LogP contribution in [0.15, 0.2) is 18.3 Å². The zero-order chi connectivity index (χ0) is 16.1. The van der Waals surface area contributed by atoms with Gasteiger partial charge in [0.05, 0.1) is 19.8 Å². The molecule has 1 unspecified atom stereocenters. The zero-order valence-electron chi connectivity index (χ0n) is 13.7. The predicted molar refractivity (Wildman–Crippen MR) is 86.3 cm³/mol. The molecule has 0 aliphatic carbocycles. The highest BCUT2D eigenvalue weighted by atomic mass is 16.5. The number of pyridine rings is 1. The molecular formula is C17H25N3O3. The second kappa shape index (κ2) is 7.86. The highest BCUT2D eigenvalue weighted by Gasteiger charge is 2.24. The van der Waals surface area contributed by atoms with E-state index in [4.69, 9.17) is 9.47 Å². The van der Waals surface area contributed by atoms with Crippen LogP contribution in [-0.2, 0) is 16.0 Å². The highest BCUT2D eigenvalue weighted by Crippen LogP contribution is 2.13. The third-order valence-electron chi connectivity index (χ3n) is 4.50. The first kappa shape index (κ1) is 16.4. The van der Waals surface area contributed by atoms with E-state index >= 15 is 0 Å². The zero-order valence-corrected chi connectivity index (χ0v) is 13.7. The molecule has 0 radical (unpaired) electrons. The second-order valence-corrected chi connectivity index (χ2v) is 6.19. The number of morpholine rings is 1. The minimum Gasteiger partial charge on any atom is -0.380 e. The van der Waals surface area contributed by atoms with Crippen molar-refractivity contribution in [1.29, 1.82) is 0 Å². The number of amides is 1. The first-order chi connectivity index (χ1) is 11.2. The SMILES string of the molecule is CC1CCOCCN1C(=O)c1ccc(CN2CCOCC2)cn1. The smallest absolute Gasteiger partial charge is 0.272 e. The van der Waals surface area contributed by atoms with Crippen molar-refractivity contribution in [2.24, 2.45) is 0 Å². The number of hydrogen-bond acceptors (Lipinski definition) is 5. The van der Waals surface area contributed by atoms with Crippen molar-refractivity contribution < 1.29 is 14.3 Å². The average molecular weight is 319 g/mol. The number of nitrogens with zero attached hydrogens (tertiary/aromatic N) is 3. The van der Waals surface area contributed by atoms with Gasteiger partial charge in [-0.05, 0) is 25.0 Å². The first-order valence-electron chi connectivity index (χ1n) is 8.38. The standard InChI is InChI=1S/C17H25N3O3/c1-14-4-8-22-11-7-20(14)17(21)16-3-2-15(12-18-16)13-19-5-9-23-10-6-19/h2-3,12,14H,4-11,13H2,1H3. The summed E-state index contributed by atoms with van der Waals surface area (Å²) in [7, 11) is 0. The van der Waals surface area contributed by atoms with Gasteiger partial charge in [-0.1, -0.05) is 6.07 Å². The maximum Gasteiger partial charge on any atom is 0.272 e. The maximum absolute atomic E-state index is 12.6. The average Bonchev–Trinajstić information content (AvgIpc) is 2.80. The van der Waals surface area contributed by atoms with Gasteiger partial charge < -0.3 is 14.4 Å². The van der Waals surface area contributed by atoms with E-state index in [-0.39, 0.29) is 11.9 Å². The molecule has 6 heteroatoms. The molecule has 2 saturated heterocycles. The van der Waals surface area contributed by atoms with Crippen LogP contribution in [-0.4, -0.2) is 72.8 Å². The van der Waals surface area contributed by atoms with Crippen LogP contribution in [0.4, 0.5) is 0 Å². The molecule has 0 saturated carbocycles. The quantitative estimate of drug-likeness (QED) is 0.837. The molecule has 23 heavy (non-hydrogen) atoms. The molecule has 1 amide bonds. The van der Waals surface area contributed by atoms with Gasteiger partial charge in [0.25, 0.3) is 5.91 Å². The van der Waals surface area contributed by atoms with Crippen molar-refractivity contribution in [3.63, 3.8) is 0 Å². The molecular weight excluding hydrogens is 294 g/mol. The van der Waals surface area contributed by atoms with Gasteiger partial charge in [-0.3, -0.25) is 14.7 Å². The summed E-state index contributed by atoms with van der Waals surface area (Å²) in [6.07, 6.45) is 2.70. The molecule has 0 bridgehead atoms. The Hall–Kier alpha value is -1.50. The van der Waals surface area contributed by atoms with Crippen molar-refractivity contribution in [3.05, 3.63) is 29.6 Å². The summed E-state index contributed by atoms with van der Waals surface area (Å²) in [4.78, 5) is 21.3. The summed E-state index contributed by atoms with van der Waals surface area (Å²) >= 11 is 0. The number of carbonyl (C=O) groups is 1. The third kappa shape index (κ3) is 4.28. The lowest BCUT2D eigenvalue weighted by molar-refractivity contribution is 0.0341. The molecule has 2 aliphatic rings. The fraction of sp³-hybridized carbons (Fsp3) is 0.647. The highest BCUT2D eigenvalue weighted by molar-refractivity contribution is 5.92. The molecule has 6 nitrogen and oxygen atoms in total. The Labute approximate surface area is 137 Å². The fourth-order valence-electron chi connectivity index (χ4n) is 3.01. The van der Waals surface area contributed by atoms with Crippen LogP contribution >= 0.6 is 0 Å².